The van der Waals surface area contributed by atoms with Crippen molar-refractivity contribution in [3.05, 3.63) is 34.7 Å². The smallest absolute Gasteiger partial charge is 0.110 e. The van der Waals surface area contributed by atoms with Crippen LogP contribution in [0, 0.1) is 0 Å². The molecule has 16 heavy (non-hydrogen) atoms. The van der Waals surface area contributed by atoms with Gasteiger partial charge < -0.3 is 15.2 Å². The van der Waals surface area contributed by atoms with Crippen molar-refractivity contribution >= 4 is 11.3 Å². The van der Waals surface area contributed by atoms with E-state index in [1.165, 1.54) is 0 Å². The highest BCUT2D eigenvalue weighted by Gasteiger charge is 2.12. The Morgan fingerprint density at radius 1 is 1.62 bits per heavy atom. The molecule has 0 bridgehead atoms. The van der Waals surface area contributed by atoms with Crippen molar-refractivity contribution in [2.45, 2.75) is 25.0 Å². The molecule has 0 fully saturated rings. The molecule has 0 aliphatic carbocycles. The minimum Gasteiger partial charge on any atom is -0.497 e. The second-order valence-corrected chi connectivity index (χ2v) is 4.72. The summed E-state index contributed by atoms with van der Waals surface area (Å²) < 4.78 is 5.43. The monoisotopic (exact) mass is 239 g/mol. The van der Waals surface area contributed by atoms with Crippen molar-refractivity contribution in [2.75, 3.05) is 13.1 Å². The third kappa shape index (κ3) is 3.33. The highest BCUT2D eigenvalue weighted by Crippen LogP contribution is 2.15. The number of hydrogen-bond acceptors (Lipinski definition) is 4. The highest BCUT2D eigenvalue weighted by atomic mass is 32.1. The first-order valence-corrected chi connectivity index (χ1v) is 6.52. The fourth-order valence-corrected chi connectivity index (χ4v) is 2.41. The molecule has 2 N–H and O–H groups in total. The van der Waals surface area contributed by atoms with Crippen LogP contribution in [-0.4, -0.2) is 24.3 Å². The molecule has 2 rings (SSSR count). The van der Waals surface area contributed by atoms with Gasteiger partial charge in [-0.3, -0.25) is 0 Å². The average molecular weight is 239 g/mol. The molecule has 0 spiro atoms. The third-order valence-electron chi connectivity index (χ3n) is 2.66. The lowest BCUT2D eigenvalue weighted by atomic mass is 10.1. The number of aliphatic hydroxyl groups is 1. The lowest BCUT2D eigenvalue weighted by Gasteiger charge is -2.20. The van der Waals surface area contributed by atoms with E-state index in [-0.39, 0.29) is 6.10 Å². The van der Waals surface area contributed by atoms with Gasteiger partial charge in [0.05, 0.1) is 12.4 Å². The number of rotatable bonds is 5. The Hall–Kier alpha value is -0.840. The molecule has 1 aliphatic rings. The molecule has 2 heterocycles. The molecule has 0 saturated carbocycles. The SMILES string of the molecule is OC(CNCC1CCC=CO1)c1ccsc1. The van der Waals surface area contributed by atoms with Crippen molar-refractivity contribution in [1.82, 2.24) is 5.32 Å². The maximum Gasteiger partial charge on any atom is 0.110 e. The Morgan fingerprint density at radius 2 is 2.56 bits per heavy atom. The van der Waals surface area contributed by atoms with Crippen LogP contribution in [0.3, 0.4) is 0 Å². The molecule has 2 atom stereocenters. The summed E-state index contributed by atoms with van der Waals surface area (Å²) in [5, 5.41) is 17.0. The van der Waals surface area contributed by atoms with Crippen LogP contribution in [0.2, 0.25) is 0 Å². The topological polar surface area (TPSA) is 41.5 Å². The van der Waals surface area contributed by atoms with Gasteiger partial charge in [-0.25, -0.2) is 0 Å². The molecule has 0 saturated heterocycles. The van der Waals surface area contributed by atoms with Crippen LogP contribution in [0.25, 0.3) is 0 Å². The maximum atomic E-state index is 9.83. The first kappa shape index (κ1) is 11.6. The molecule has 3 nitrogen and oxygen atoms in total. The van der Waals surface area contributed by atoms with Crippen molar-refractivity contribution in [3.8, 4) is 0 Å². The van der Waals surface area contributed by atoms with E-state index in [0.29, 0.717) is 6.54 Å². The Morgan fingerprint density at radius 3 is 3.25 bits per heavy atom. The normalized spacial score (nSPS) is 21.7. The summed E-state index contributed by atoms with van der Waals surface area (Å²) in [6.07, 6.45) is 5.78. The number of thiophene rings is 1. The fourth-order valence-electron chi connectivity index (χ4n) is 1.70. The van der Waals surface area contributed by atoms with Gasteiger partial charge in [-0.2, -0.15) is 11.3 Å². The molecule has 1 aliphatic heterocycles. The zero-order valence-electron chi connectivity index (χ0n) is 9.13. The van der Waals surface area contributed by atoms with Crippen molar-refractivity contribution in [3.63, 3.8) is 0 Å². The van der Waals surface area contributed by atoms with E-state index in [1.54, 1.807) is 17.6 Å². The number of aliphatic hydroxyl groups excluding tert-OH is 1. The largest absolute Gasteiger partial charge is 0.497 e. The molecule has 0 amide bonds. The van der Waals surface area contributed by atoms with Gasteiger partial charge in [-0.15, -0.1) is 0 Å². The number of hydrogen-bond donors (Lipinski definition) is 2. The van der Waals surface area contributed by atoms with Gasteiger partial charge in [0.1, 0.15) is 6.10 Å². The summed E-state index contributed by atoms with van der Waals surface area (Å²) in [5.74, 6) is 0. The van der Waals surface area contributed by atoms with Crippen LogP contribution >= 0.6 is 11.3 Å². The van der Waals surface area contributed by atoms with E-state index in [4.69, 9.17) is 4.74 Å². The van der Waals surface area contributed by atoms with E-state index in [0.717, 1.165) is 24.9 Å². The fraction of sp³-hybridized carbons (Fsp3) is 0.500. The van der Waals surface area contributed by atoms with E-state index >= 15 is 0 Å². The Kier molecular flexibility index (Phi) is 4.39. The lowest BCUT2D eigenvalue weighted by molar-refractivity contribution is 0.113. The van der Waals surface area contributed by atoms with E-state index in [1.807, 2.05) is 22.9 Å². The van der Waals surface area contributed by atoms with Gasteiger partial charge in [0.15, 0.2) is 0 Å². The Bertz CT molecular complexity index is 324. The predicted molar refractivity (Wildman–Crippen MR) is 65.4 cm³/mol. The molecule has 88 valence electrons. The summed E-state index contributed by atoms with van der Waals surface area (Å²) in [6.45, 7) is 1.38. The van der Waals surface area contributed by atoms with E-state index in [9.17, 15) is 5.11 Å². The molecule has 4 heteroatoms. The van der Waals surface area contributed by atoms with E-state index < -0.39 is 6.10 Å². The molecule has 1 aromatic heterocycles. The first-order valence-electron chi connectivity index (χ1n) is 5.57. The standard InChI is InChI=1S/C12H17NO2S/c14-12(10-4-6-16-9-10)8-13-7-11-3-1-2-5-15-11/h2,4-6,9,11-14H,1,3,7-8H2. The molecular weight excluding hydrogens is 222 g/mol. The molecule has 0 aromatic carbocycles. The summed E-state index contributed by atoms with van der Waals surface area (Å²) in [5.41, 5.74) is 0.988. The van der Waals surface area contributed by atoms with Gasteiger partial charge in [-0.1, -0.05) is 0 Å². The van der Waals surface area contributed by atoms with E-state index in [2.05, 4.69) is 5.32 Å². The summed E-state index contributed by atoms with van der Waals surface area (Å²) in [6, 6.07) is 1.96. The highest BCUT2D eigenvalue weighted by molar-refractivity contribution is 7.07. The van der Waals surface area contributed by atoms with Crippen molar-refractivity contribution in [2.24, 2.45) is 0 Å². The average Bonchev–Trinajstić information content (AvgIpc) is 2.84. The first-order chi connectivity index (χ1) is 7.86. The summed E-state index contributed by atoms with van der Waals surface area (Å²) >= 11 is 1.61. The predicted octanol–water partition coefficient (Wildman–Crippen LogP) is 2.06. The van der Waals surface area contributed by atoms with Gasteiger partial charge in [0.25, 0.3) is 0 Å². The second kappa shape index (κ2) is 6.03. The third-order valence-corrected chi connectivity index (χ3v) is 3.36. The number of allylic oxidation sites excluding steroid dienone is 1. The lowest BCUT2D eigenvalue weighted by Crippen LogP contribution is -2.31. The minimum absolute atomic E-state index is 0.250. The molecule has 0 radical (unpaired) electrons. The van der Waals surface area contributed by atoms with Crippen LogP contribution in [0.5, 0.6) is 0 Å². The Balaban J connectivity index is 1.66. The van der Waals surface area contributed by atoms with Crippen molar-refractivity contribution < 1.29 is 9.84 Å². The van der Waals surface area contributed by atoms with Gasteiger partial charge in [0, 0.05) is 13.1 Å². The van der Waals surface area contributed by atoms with Gasteiger partial charge in [-0.05, 0) is 41.3 Å². The van der Waals surface area contributed by atoms with Crippen LogP contribution in [0.15, 0.2) is 29.2 Å². The zero-order valence-corrected chi connectivity index (χ0v) is 9.95. The second-order valence-electron chi connectivity index (χ2n) is 3.94. The van der Waals surface area contributed by atoms with Gasteiger partial charge >= 0.3 is 0 Å². The van der Waals surface area contributed by atoms with Crippen LogP contribution in [0.4, 0.5) is 0 Å². The maximum absolute atomic E-state index is 9.83. The minimum atomic E-state index is -0.412. The zero-order chi connectivity index (χ0) is 11.2. The summed E-state index contributed by atoms with van der Waals surface area (Å²) in [4.78, 5) is 0. The quantitative estimate of drug-likeness (QED) is 0.826. The van der Waals surface area contributed by atoms with Crippen LogP contribution in [-0.2, 0) is 4.74 Å². The van der Waals surface area contributed by atoms with Crippen LogP contribution < -0.4 is 5.32 Å². The number of nitrogens with one attached hydrogen (secondary N) is 1. The molecule has 1 aromatic rings. The van der Waals surface area contributed by atoms with Gasteiger partial charge in [0.2, 0.25) is 0 Å². The van der Waals surface area contributed by atoms with Crippen LogP contribution in [0.1, 0.15) is 24.5 Å². The number of ether oxygens (including phenoxy) is 1. The molecule has 2 unspecified atom stereocenters. The Labute approximate surface area is 99.8 Å². The molecular formula is C12H17NO2S. The summed E-state index contributed by atoms with van der Waals surface area (Å²) in [7, 11) is 0. The van der Waals surface area contributed by atoms with Crippen molar-refractivity contribution in [1.29, 1.82) is 0 Å².